The topological polar surface area (TPSA) is 73.9 Å². The third kappa shape index (κ3) is 2.65. The van der Waals surface area contributed by atoms with Crippen molar-refractivity contribution in [3.05, 3.63) is 17.9 Å². The molecule has 0 aliphatic carbocycles. The summed E-state index contributed by atoms with van der Waals surface area (Å²) in [5, 5.41) is 3.63. The van der Waals surface area contributed by atoms with Crippen LogP contribution >= 0.6 is 0 Å². The van der Waals surface area contributed by atoms with Crippen LogP contribution < -0.4 is 20.5 Å². The number of ether oxygens (including phenoxy) is 1. The number of benzene rings is 1. The Morgan fingerprint density at radius 1 is 1.35 bits per heavy atom. The Morgan fingerprint density at radius 3 is 2.78 bits per heavy atom. The molecule has 0 saturated carbocycles. The highest BCUT2D eigenvalue weighted by Gasteiger charge is 2.37. The van der Waals surface area contributed by atoms with Gasteiger partial charge in [-0.05, 0) is 13.0 Å². The van der Waals surface area contributed by atoms with E-state index in [-0.39, 0.29) is 23.7 Å². The SMILES string of the molecule is CC1N(c2cc3c(cc2F)OCC(=O)N3)NCC(=O)N1C(F)F. The number of nitrogens with one attached hydrogen (secondary N) is 2. The molecule has 0 radical (unpaired) electrons. The lowest BCUT2D eigenvalue weighted by atomic mass is 10.2. The van der Waals surface area contributed by atoms with E-state index in [0.29, 0.717) is 4.90 Å². The Labute approximate surface area is 128 Å². The summed E-state index contributed by atoms with van der Waals surface area (Å²) in [4.78, 5) is 23.3. The minimum absolute atomic E-state index is 0.0831. The van der Waals surface area contributed by atoms with Gasteiger partial charge in [0.1, 0.15) is 11.9 Å². The van der Waals surface area contributed by atoms with Gasteiger partial charge in [-0.25, -0.2) is 9.82 Å². The van der Waals surface area contributed by atoms with Gasteiger partial charge in [-0.1, -0.05) is 0 Å². The van der Waals surface area contributed by atoms with E-state index in [1.54, 1.807) is 0 Å². The Bertz CT molecular complexity index is 670. The summed E-state index contributed by atoms with van der Waals surface area (Å²) in [6, 6.07) is 2.33. The first kappa shape index (κ1) is 15.4. The number of halogens is 3. The number of hydrogen-bond acceptors (Lipinski definition) is 5. The van der Waals surface area contributed by atoms with E-state index in [2.05, 4.69) is 10.7 Å². The quantitative estimate of drug-likeness (QED) is 0.788. The van der Waals surface area contributed by atoms with E-state index in [1.807, 2.05) is 0 Å². The Morgan fingerprint density at radius 2 is 2.09 bits per heavy atom. The Balaban J connectivity index is 1.96. The van der Waals surface area contributed by atoms with E-state index in [0.717, 1.165) is 11.1 Å². The van der Waals surface area contributed by atoms with Gasteiger partial charge in [-0.15, -0.1) is 0 Å². The molecular weight excluding hydrogens is 317 g/mol. The third-order valence-electron chi connectivity index (χ3n) is 3.62. The van der Waals surface area contributed by atoms with Crippen LogP contribution in [0.4, 0.5) is 24.5 Å². The summed E-state index contributed by atoms with van der Waals surface area (Å²) in [5.41, 5.74) is 2.74. The zero-order chi connectivity index (χ0) is 16.7. The minimum Gasteiger partial charge on any atom is -0.481 e. The maximum atomic E-state index is 14.3. The predicted octanol–water partition coefficient (Wildman–Crippen LogP) is 0.878. The van der Waals surface area contributed by atoms with Gasteiger partial charge in [0.05, 0.1) is 17.9 Å². The first-order valence-electron chi connectivity index (χ1n) is 6.76. The molecule has 1 unspecified atom stereocenters. The molecule has 2 aliphatic rings. The highest BCUT2D eigenvalue weighted by Crippen LogP contribution is 2.35. The number of amides is 2. The molecule has 23 heavy (non-hydrogen) atoms. The minimum atomic E-state index is -3.01. The van der Waals surface area contributed by atoms with Gasteiger partial charge in [-0.2, -0.15) is 8.78 Å². The molecule has 2 heterocycles. The normalized spacial score (nSPS) is 21.2. The highest BCUT2D eigenvalue weighted by molar-refractivity contribution is 5.96. The number of hydrogen-bond donors (Lipinski definition) is 2. The monoisotopic (exact) mass is 330 g/mol. The van der Waals surface area contributed by atoms with E-state index < -0.39 is 36.9 Å². The molecule has 2 N–H and O–H groups in total. The molecular formula is C13H13F3N4O3. The van der Waals surface area contributed by atoms with Crippen LogP contribution in [0.15, 0.2) is 12.1 Å². The van der Waals surface area contributed by atoms with Crippen LogP contribution in [0, 0.1) is 5.82 Å². The van der Waals surface area contributed by atoms with E-state index in [9.17, 15) is 22.8 Å². The van der Waals surface area contributed by atoms with E-state index in [4.69, 9.17) is 4.74 Å². The van der Waals surface area contributed by atoms with Crippen molar-refractivity contribution in [2.45, 2.75) is 19.6 Å². The van der Waals surface area contributed by atoms with Gasteiger partial charge < -0.3 is 10.1 Å². The zero-order valence-electron chi connectivity index (χ0n) is 12.0. The van der Waals surface area contributed by atoms with Crippen molar-refractivity contribution in [1.29, 1.82) is 0 Å². The van der Waals surface area contributed by atoms with Crippen molar-refractivity contribution >= 4 is 23.2 Å². The molecule has 0 spiro atoms. The van der Waals surface area contributed by atoms with Crippen LogP contribution in [0.25, 0.3) is 0 Å². The molecule has 10 heteroatoms. The van der Waals surface area contributed by atoms with Crippen molar-refractivity contribution in [2.75, 3.05) is 23.5 Å². The number of fused-ring (bicyclic) bond motifs is 1. The zero-order valence-corrected chi connectivity index (χ0v) is 12.0. The van der Waals surface area contributed by atoms with Gasteiger partial charge in [-0.3, -0.25) is 19.5 Å². The summed E-state index contributed by atoms with van der Waals surface area (Å²) in [7, 11) is 0. The van der Waals surface area contributed by atoms with Crippen LogP contribution in [0.1, 0.15) is 6.92 Å². The molecule has 124 valence electrons. The van der Waals surface area contributed by atoms with Gasteiger partial charge >= 0.3 is 6.55 Å². The Hall–Kier alpha value is -2.49. The van der Waals surface area contributed by atoms with E-state index >= 15 is 0 Å². The highest BCUT2D eigenvalue weighted by atomic mass is 19.3. The number of alkyl halides is 2. The molecule has 7 nitrogen and oxygen atoms in total. The lowest BCUT2D eigenvalue weighted by molar-refractivity contribution is -0.152. The van der Waals surface area contributed by atoms with Crippen molar-refractivity contribution < 1.29 is 27.5 Å². The lowest BCUT2D eigenvalue weighted by Crippen LogP contribution is -2.64. The van der Waals surface area contributed by atoms with E-state index in [1.165, 1.54) is 13.0 Å². The fourth-order valence-electron chi connectivity index (χ4n) is 2.54. The maximum Gasteiger partial charge on any atom is 0.319 e. The average molecular weight is 330 g/mol. The lowest BCUT2D eigenvalue weighted by Gasteiger charge is -2.42. The summed E-state index contributed by atoms with van der Waals surface area (Å²) >= 11 is 0. The van der Waals surface area contributed by atoms with Gasteiger partial charge in [0.15, 0.2) is 12.4 Å². The summed E-state index contributed by atoms with van der Waals surface area (Å²) in [6.45, 7) is -2.29. The first-order chi connectivity index (χ1) is 10.9. The number of carbonyl (C=O) groups excluding carboxylic acids is 2. The van der Waals surface area contributed by atoms with Crippen LogP contribution in [0.5, 0.6) is 5.75 Å². The van der Waals surface area contributed by atoms with Crippen molar-refractivity contribution in [3.8, 4) is 5.75 Å². The average Bonchev–Trinajstić information content (AvgIpc) is 2.47. The standard InChI is InChI=1S/C13H13F3N4O3/c1-6-19(13(15)16)12(22)4-17-20(6)9-3-8-10(2-7(9)14)23-5-11(21)18-8/h2-3,6,13,17H,4-5H2,1H3,(H,18,21). The maximum absolute atomic E-state index is 14.3. The summed E-state index contributed by atoms with van der Waals surface area (Å²) in [5.74, 6) is -1.78. The molecule has 2 amide bonds. The summed E-state index contributed by atoms with van der Waals surface area (Å²) < 4.78 is 45.4. The molecule has 1 saturated heterocycles. The first-order valence-corrected chi connectivity index (χ1v) is 6.76. The fourth-order valence-corrected chi connectivity index (χ4v) is 2.54. The van der Waals surface area contributed by atoms with Gasteiger partial charge in [0.25, 0.3) is 5.91 Å². The Kier molecular flexibility index (Phi) is 3.76. The molecule has 1 atom stereocenters. The van der Waals surface area contributed by atoms with Gasteiger partial charge in [0.2, 0.25) is 5.91 Å². The number of nitrogens with zero attached hydrogens (tertiary/aromatic N) is 2. The molecule has 1 aromatic rings. The number of carbonyl (C=O) groups is 2. The molecule has 2 aliphatic heterocycles. The van der Waals surface area contributed by atoms with Crippen molar-refractivity contribution in [2.24, 2.45) is 0 Å². The van der Waals surface area contributed by atoms with Gasteiger partial charge in [0, 0.05) is 6.07 Å². The van der Waals surface area contributed by atoms with Crippen LogP contribution in [-0.2, 0) is 9.59 Å². The smallest absolute Gasteiger partial charge is 0.319 e. The molecule has 1 aromatic carbocycles. The number of anilines is 2. The second kappa shape index (κ2) is 5.61. The number of hydrazine groups is 1. The van der Waals surface area contributed by atoms with Crippen LogP contribution in [0.2, 0.25) is 0 Å². The van der Waals surface area contributed by atoms with Crippen molar-refractivity contribution in [1.82, 2.24) is 10.3 Å². The molecule has 3 rings (SSSR count). The molecule has 0 bridgehead atoms. The molecule has 1 fully saturated rings. The second-order valence-electron chi connectivity index (χ2n) is 5.05. The molecule has 0 aromatic heterocycles. The fraction of sp³-hybridized carbons (Fsp3) is 0.385. The second-order valence-corrected chi connectivity index (χ2v) is 5.05. The predicted molar refractivity (Wildman–Crippen MR) is 73.3 cm³/mol. The van der Waals surface area contributed by atoms with Crippen LogP contribution in [0.3, 0.4) is 0 Å². The van der Waals surface area contributed by atoms with Crippen LogP contribution in [-0.4, -0.2) is 42.6 Å². The van der Waals surface area contributed by atoms with Crippen molar-refractivity contribution in [3.63, 3.8) is 0 Å². The summed E-state index contributed by atoms with van der Waals surface area (Å²) in [6.07, 6.45) is -1.12. The number of rotatable bonds is 2. The largest absolute Gasteiger partial charge is 0.481 e. The third-order valence-corrected chi connectivity index (χ3v) is 3.62.